The van der Waals surface area contributed by atoms with Gasteiger partial charge in [-0.2, -0.15) is 0 Å². The van der Waals surface area contributed by atoms with Gasteiger partial charge in [-0.1, -0.05) is 60.7 Å². The molecular weight excluding hydrogens is 316 g/mol. The van der Waals surface area contributed by atoms with E-state index in [-0.39, 0.29) is 0 Å². The molecule has 2 heteroatoms. The number of nitrogens with zero attached hydrogens (tertiary/aromatic N) is 2. The van der Waals surface area contributed by atoms with E-state index in [0.717, 1.165) is 33.1 Å². The van der Waals surface area contributed by atoms with Crippen LogP contribution in [0.1, 0.15) is 5.56 Å². The number of hydrogen-bond donors (Lipinski definition) is 0. The molecule has 6 aromatic rings. The van der Waals surface area contributed by atoms with Gasteiger partial charge in [0.05, 0.1) is 21.9 Å². The van der Waals surface area contributed by atoms with Crippen LogP contribution in [0.5, 0.6) is 0 Å². The number of pyridine rings is 1. The molecule has 0 fully saturated rings. The Labute approximate surface area is 150 Å². The Balaban J connectivity index is 2.06. The fourth-order valence-corrected chi connectivity index (χ4v) is 4.08. The number of aromatic nitrogens is 2. The zero-order valence-corrected chi connectivity index (χ0v) is 14.2. The first-order valence-electron chi connectivity index (χ1n) is 8.76. The van der Waals surface area contributed by atoms with Crippen molar-refractivity contribution >= 4 is 49.1 Å². The first-order chi connectivity index (χ1) is 12.8. The summed E-state index contributed by atoms with van der Waals surface area (Å²) in [5, 5.41) is 5.90. The number of imidazole rings is 1. The van der Waals surface area contributed by atoms with Gasteiger partial charge >= 0.3 is 0 Å². The molecule has 26 heavy (non-hydrogen) atoms. The Kier molecular flexibility index (Phi) is 2.50. The number of fused-ring (bicyclic) bond motifs is 10. The van der Waals surface area contributed by atoms with Crippen molar-refractivity contribution in [2.45, 2.75) is 6.92 Å². The number of aryl methyl sites for hydroxylation is 1. The van der Waals surface area contributed by atoms with Crippen LogP contribution >= 0.6 is 0 Å². The quantitative estimate of drug-likeness (QED) is 0.319. The molecule has 0 radical (unpaired) electrons. The van der Waals surface area contributed by atoms with Gasteiger partial charge in [0.2, 0.25) is 0 Å². The van der Waals surface area contributed by atoms with Crippen molar-refractivity contribution in [1.29, 1.82) is 0 Å². The SMILES string of the molecule is Cc1c#cc2c3ccc4ccccc4c3c3nc4ccccc4n3c2c1. The van der Waals surface area contributed by atoms with Crippen molar-refractivity contribution in [2.24, 2.45) is 0 Å². The molecule has 0 unspecified atom stereocenters. The summed E-state index contributed by atoms with van der Waals surface area (Å²) in [5.74, 6) is 0. The van der Waals surface area contributed by atoms with Gasteiger partial charge in [-0.25, -0.2) is 4.98 Å². The zero-order chi connectivity index (χ0) is 17.3. The van der Waals surface area contributed by atoms with Gasteiger partial charge in [-0.3, -0.25) is 4.40 Å². The number of hydrogen-bond acceptors (Lipinski definition) is 1. The average Bonchev–Trinajstić information content (AvgIpc) is 3.07. The highest BCUT2D eigenvalue weighted by Gasteiger charge is 2.15. The highest BCUT2D eigenvalue weighted by molar-refractivity contribution is 6.22. The predicted molar refractivity (Wildman–Crippen MR) is 108 cm³/mol. The first kappa shape index (κ1) is 13.7. The van der Waals surface area contributed by atoms with Crippen molar-refractivity contribution in [1.82, 2.24) is 9.38 Å². The van der Waals surface area contributed by atoms with E-state index < -0.39 is 0 Å². The molecule has 120 valence electrons. The summed E-state index contributed by atoms with van der Waals surface area (Å²) in [7, 11) is 0. The summed E-state index contributed by atoms with van der Waals surface area (Å²) in [6.07, 6.45) is 0. The third-order valence-corrected chi connectivity index (χ3v) is 5.22. The third-order valence-electron chi connectivity index (χ3n) is 5.22. The molecule has 0 atom stereocenters. The molecule has 0 spiro atoms. The molecule has 0 aliphatic rings. The minimum absolute atomic E-state index is 1.00. The van der Waals surface area contributed by atoms with Crippen LogP contribution in [-0.4, -0.2) is 9.38 Å². The van der Waals surface area contributed by atoms with Crippen LogP contribution in [0.15, 0.2) is 66.7 Å². The van der Waals surface area contributed by atoms with Crippen molar-refractivity contribution < 1.29 is 0 Å². The molecular formula is C24H14N2. The van der Waals surface area contributed by atoms with Gasteiger partial charge in [0.1, 0.15) is 5.65 Å². The van der Waals surface area contributed by atoms with Crippen LogP contribution in [0.3, 0.4) is 0 Å². The Morgan fingerprint density at radius 2 is 1.65 bits per heavy atom. The van der Waals surface area contributed by atoms with E-state index in [0.29, 0.717) is 0 Å². The summed E-state index contributed by atoms with van der Waals surface area (Å²) in [4.78, 5) is 5.01. The lowest BCUT2D eigenvalue weighted by molar-refractivity contribution is 1.31. The second kappa shape index (κ2) is 4.74. The lowest BCUT2D eigenvalue weighted by atomic mass is 10.00. The molecule has 0 aliphatic heterocycles. The van der Waals surface area contributed by atoms with Crippen LogP contribution in [0.2, 0.25) is 0 Å². The standard InChI is InChI=1S/C24H14N2/c1-15-10-12-18-19-13-11-16-6-2-3-7-17(16)23(19)24-25-20-8-4-5-9-21(20)26(24)22(18)14-15/h2-9,11,13-14H,1H3. The van der Waals surface area contributed by atoms with Gasteiger partial charge in [0.15, 0.2) is 0 Å². The maximum atomic E-state index is 5.01. The molecule has 2 heterocycles. The fourth-order valence-electron chi connectivity index (χ4n) is 4.08. The van der Waals surface area contributed by atoms with Crippen LogP contribution in [-0.2, 0) is 0 Å². The summed E-state index contributed by atoms with van der Waals surface area (Å²) in [6.45, 7) is 2.06. The Morgan fingerprint density at radius 3 is 2.62 bits per heavy atom. The third kappa shape index (κ3) is 1.65. The van der Waals surface area contributed by atoms with Crippen LogP contribution in [0, 0.1) is 19.1 Å². The van der Waals surface area contributed by atoms with E-state index in [4.69, 9.17) is 4.98 Å². The summed E-state index contributed by atoms with van der Waals surface area (Å²) >= 11 is 0. The second-order valence-corrected chi connectivity index (χ2v) is 6.81. The van der Waals surface area contributed by atoms with Gasteiger partial charge < -0.3 is 0 Å². The normalized spacial score (nSPS) is 11.7. The van der Waals surface area contributed by atoms with E-state index >= 15 is 0 Å². The maximum absolute atomic E-state index is 5.01. The van der Waals surface area contributed by atoms with Crippen LogP contribution in [0.4, 0.5) is 0 Å². The fraction of sp³-hybridized carbons (Fsp3) is 0.0417. The van der Waals surface area contributed by atoms with Crippen molar-refractivity contribution in [3.8, 4) is 0 Å². The summed E-state index contributed by atoms with van der Waals surface area (Å²) < 4.78 is 2.27. The Morgan fingerprint density at radius 1 is 0.808 bits per heavy atom. The van der Waals surface area contributed by atoms with Gasteiger partial charge in [-0.15, -0.1) is 0 Å². The summed E-state index contributed by atoms with van der Waals surface area (Å²) in [5.41, 5.74) is 5.36. The zero-order valence-electron chi connectivity index (χ0n) is 14.2. The predicted octanol–water partition coefficient (Wildman–Crippen LogP) is 5.86. The Bertz CT molecular complexity index is 1490. The van der Waals surface area contributed by atoms with E-state index in [2.05, 4.69) is 84.1 Å². The molecule has 2 nitrogen and oxygen atoms in total. The van der Waals surface area contributed by atoms with Crippen LogP contribution in [0.25, 0.3) is 49.1 Å². The summed E-state index contributed by atoms with van der Waals surface area (Å²) in [6, 6.07) is 30.1. The lowest BCUT2D eigenvalue weighted by Gasteiger charge is -2.10. The molecule has 0 amide bonds. The molecule has 0 aliphatic carbocycles. The molecule has 4 aromatic carbocycles. The van der Waals surface area contributed by atoms with E-state index in [1.165, 1.54) is 21.5 Å². The van der Waals surface area contributed by atoms with Crippen molar-refractivity contribution in [2.75, 3.05) is 0 Å². The highest BCUT2D eigenvalue weighted by atomic mass is 15.0. The topological polar surface area (TPSA) is 17.3 Å². The molecule has 0 saturated carbocycles. The minimum Gasteiger partial charge on any atom is -0.291 e. The van der Waals surface area contributed by atoms with Gasteiger partial charge in [0, 0.05) is 16.3 Å². The minimum atomic E-state index is 1.00. The average molecular weight is 330 g/mol. The molecule has 0 saturated heterocycles. The second-order valence-electron chi connectivity index (χ2n) is 6.81. The van der Waals surface area contributed by atoms with Crippen LogP contribution < -0.4 is 0 Å². The van der Waals surface area contributed by atoms with Gasteiger partial charge in [-0.05, 0) is 35.9 Å². The van der Waals surface area contributed by atoms with Crippen molar-refractivity contribution in [3.63, 3.8) is 0 Å². The van der Waals surface area contributed by atoms with Gasteiger partial charge in [0.25, 0.3) is 0 Å². The van der Waals surface area contributed by atoms with E-state index in [9.17, 15) is 0 Å². The monoisotopic (exact) mass is 330 g/mol. The lowest BCUT2D eigenvalue weighted by Crippen LogP contribution is -1.92. The number of rotatable bonds is 0. The number of benzene rings is 3. The molecule has 6 rings (SSSR count). The smallest absolute Gasteiger partial charge is 0.147 e. The highest BCUT2D eigenvalue weighted by Crippen LogP contribution is 2.35. The molecule has 0 bridgehead atoms. The largest absolute Gasteiger partial charge is 0.291 e. The molecule has 2 aromatic heterocycles. The van der Waals surface area contributed by atoms with Crippen molar-refractivity contribution in [3.05, 3.63) is 84.4 Å². The first-order valence-corrected chi connectivity index (χ1v) is 8.76. The van der Waals surface area contributed by atoms with E-state index in [1.54, 1.807) is 0 Å². The maximum Gasteiger partial charge on any atom is 0.147 e. The van der Waals surface area contributed by atoms with E-state index in [1.807, 2.05) is 6.07 Å². The number of para-hydroxylation sites is 2. The molecule has 0 N–H and O–H groups in total. The Hall–Kier alpha value is -3.57.